The summed E-state index contributed by atoms with van der Waals surface area (Å²) in [5.74, 6) is -0.934. The van der Waals surface area contributed by atoms with Gasteiger partial charge >= 0.3 is 5.97 Å². The number of hydrogen-bond donors (Lipinski definition) is 1. The van der Waals surface area contributed by atoms with Crippen LogP contribution in [0.25, 0.3) is 27.7 Å². The Morgan fingerprint density at radius 2 is 1.42 bits per heavy atom. The minimum atomic E-state index is -0.934. The quantitative estimate of drug-likeness (QED) is 0.578. The first-order valence-corrected chi connectivity index (χ1v) is 7.74. The number of nitrogens with zero attached hydrogens (tertiary/aromatic N) is 1. The van der Waals surface area contributed by atoms with Gasteiger partial charge in [0.25, 0.3) is 0 Å². The van der Waals surface area contributed by atoms with Crippen molar-refractivity contribution >= 4 is 16.9 Å². The van der Waals surface area contributed by atoms with Crippen LogP contribution < -0.4 is 0 Å². The van der Waals surface area contributed by atoms with Crippen LogP contribution in [0.15, 0.2) is 84.9 Å². The van der Waals surface area contributed by atoms with Gasteiger partial charge in [-0.2, -0.15) is 0 Å². The van der Waals surface area contributed by atoms with Gasteiger partial charge in [-0.25, -0.2) is 4.79 Å². The van der Waals surface area contributed by atoms with E-state index in [4.69, 9.17) is 0 Å². The summed E-state index contributed by atoms with van der Waals surface area (Å²) in [5, 5.41) is 10.5. The van der Waals surface area contributed by atoms with Crippen molar-refractivity contribution in [3.8, 4) is 16.8 Å². The fraction of sp³-hybridized carbons (Fsp3) is 0. The highest BCUT2D eigenvalue weighted by molar-refractivity contribution is 5.97. The molecule has 0 aliphatic carbocycles. The van der Waals surface area contributed by atoms with Crippen molar-refractivity contribution in [2.75, 3.05) is 0 Å². The lowest BCUT2D eigenvalue weighted by Gasteiger charge is -2.09. The number of hydrogen-bond acceptors (Lipinski definition) is 1. The largest absolute Gasteiger partial charge is 0.477 e. The maximum absolute atomic E-state index is 11.7. The Kier molecular flexibility index (Phi) is 3.39. The Labute approximate surface area is 139 Å². The standard InChI is InChI=1S/C21H15NO2/c23-21(24)20-14-17-12-11-16(15-7-3-1-4-8-15)13-19(17)22(20)18-9-5-2-6-10-18/h1-14H,(H,23,24). The van der Waals surface area contributed by atoms with E-state index < -0.39 is 5.97 Å². The van der Waals surface area contributed by atoms with E-state index in [0.29, 0.717) is 0 Å². The maximum Gasteiger partial charge on any atom is 0.352 e. The predicted octanol–water partition coefficient (Wildman–Crippen LogP) is 5.00. The minimum Gasteiger partial charge on any atom is -0.477 e. The number of carboxylic acids is 1. The fourth-order valence-corrected chi connectivity index (χ4v) is 3.02. The van der Waals surface area contributed by atoms with Crippen molar-refractivity contribution in [1.82, 2.24) is 4.57 Å². The zero-order valence-corrected chi connectivity index (χ0v) is 12.9. The first kappa shape index (κ1) is 14.3. The van der Waals surface area contributed by atoms with Gasteiger partial charge in [-0.1, -0.05) is 60.7 Å². The van der Waals surface area contributed by atoms with Gasteiger partial charge in [0.1, 0.15) is 5.69 Å². The summed E-state index contributed by atoms with van der Waals surface area (Å²) in [4.78, 5) is 11.7. The van der Waals surface area contributed by atoms with Crippen LogP contribution in [0.2, 0.25) is 0 Å². The number of benzene rings is 3. The van der Waals surface area contributed by atoms with Crippen LogP contribution in [-0.2, 0) is 0 Å². The minimum absolute atomic E-state index is 0.265. The zero-order chi connectivity index (χ0) is 16.5. The highest BCUT2D eigenvalue weighted by atomic mass is 16.4. The van der Waals surface area contributed by atoms with Crippen molar-refractivity contribution in [2.24, 2.45) is 0 Å². The summed E-state index contributed by atoms with van der Waals surface area (Å²) in [7, 11) is 0. The fourth-order valence-electron chi connectivity index (χ4n) is 3.02. The van der Waals surface area contributed by atoms with Gasteiger partial charge in [0.2, 0.25) is 0 Å². The van der Waals surface area contributed by atoms with Gasteiger partial charge in [-0.3, -0.25) is 0 Å². The molecular weight excluding hydrogens is 298 g/mol. The SMILES string of the molecule is O=C(O)c1cc2ccc(-c3ccccc3)cc2n1-c1ccccc1. The smallest absolute Gasteiger partial charge is 0.352 e. The van der Waals surface area contributed by atoms with Gasteiger partial charge in [-0.15, -0.1) is 0 Å². The lowest BCUT2D eigenvalue weighted by atomic mass is 10.0. The molecule has 1 heterocycles. The molecule has 0 saturated carbocycles. The normalized spacial score (nSPS) is 10.8. The average molecular weight is 313 g/mol. The first-order valence-electron chi connectivity index (χ1n) is 7.74. The second kappa shape index (κ2) is 5.70. The van der Waals surface area contributed by atoms with Crippen molar-refractivity contribution < 1.29 is 9.90 Å². The number of rotatable bonds is 3. The van der Waals surface area contributed by atoms with E-state index in [1.165, 1.54) is 0 Å². The van der Waals surface area contributed by atoms with Crippen LogP contribution in [0.1, 0.15) is 10.5 Å². The summed E-state index contributed by atoms with van der Waals surface area (Å²) < 4.78 is 1.80. The first-order chi connectivity index (χ1) is 11.7. The second-order valence-corrected chi connectivity index (χ2v) is 5.65. The molecule has 0 atom stereocenters. The molecule has 0 aliphatic rings. The summed E-state index contributed by atoms with van der Waals surface area (Å²) in [6.07, 6.45) is 0. The Balaban J connectivity index is 2.01. The molecule has 0 aliphatic heterocycles. The van der Waals surface area contributed by atoms with E-state index >= 15 is 0 Å². The van der Waals surface area contributed by atoms with Gasteiger partial charge in [0.05, 0.1) is 5.52 Å². The zero-order valence-electron chi connectivity index (χ0n) is 12.9. The molecule has 0 amide bonds. The highest BCUT2D eigenvalue weighted by Crippen LogP contribution is 2.29. The van der Waals surface area contributed by atoms with Gasteiger partial charge in [-0.05, 0) is 35.4 Å². The van der Waals surface area contributed by atoms with E-state index in [2.05, 4.69) is 12.1 Å². The van der Waals surface area contributed by atoms with Crippen LogP contribution in [0.3, 0.4) is 0 Å². The second-order valence-electron chi connectivity index (χ2n) is 5.65. The number of aromatic nitrogens is 1. The van der Waals surface area contributed by atoms with E-state index in [1.54, 1.807) is 10.6 Å². The summed E-state index contributed by atoms with van der Waals surface area (Å²) in [6.45, 7) is 0. The van der Waals surface area contributed by atoms with E-state index in [0.717, 1.165) is 27.7 Å². The van der Waals surface area contributed by atoms with Crippen molar-refractivity contribution in [2.45, 2.75) is 0 Å². The van der Waals surface area contributed by atoms with Crippen molar-refractivity contribution in [3.05, 3.63) is 90.6 Å². The van der Waals surface area contributed by atoms with Gasteiger partial charge in [0, 0.05) is 11.1 Å². The molecule has 3 aromatic carbocycles. The van der Waals surface area contributed by atoms with Gasteiger partial charge in [0.15, 0.2) is 0 Å². The average Bonchev–Trinajstić information content (AvgIpc) is 3.02. The third-order valence-corrected chi connectivity index (χ3v) is 4.15. The molecule has 0 unspecified atom stereocenters. The molecule has 4 aromatic rings. The lowest BCUT2D eigenvalue weighted by Crippen LogP contribution is -2.06. The number of para-hydroxylation sites is 1. The van der Waals surface area contributed by atoms with E-state index in [1.807, 2.05) is 66.7 Å². The molecular formula is C21H15NO2. The molecule has 0 saturated heterocycles. The summed E-state index contributed by atoms with van der Waals surface area (Å²) >= 11 is 0. The summed E-state index contributed by atoms with van der Waals surface area (Å²) in [6, 6.07) is 27.4. The molecule has 0 spiro atoms. The maximum atomic E-state index is 11.7. The van der Waals surface area contributed by atoms with Gasteiger partial charge < -0.3 is 9.67 Å². The molecule has 3 heteroatoms. The molecule has 24 heavy (non-hydrogen) atoms. The van der Waals surface area contributed by atoms with E-state index in [-0.39, 0.29) is 5.69 Å². The molecule has 4 rings (SSSR count). The Hall–Kier alpha value is -3.33. The number of aromatic carboxylic acids is 1. The monoisotopic (exact) mass is 313 g/mol. The molecule has 116 valence electrons. The topological polar surface area (TPSA) is 42.2 Å². The van der Waals surface area contributed by atoms with Crippen LogP contribution in [0.4, 0.5) is 0 Å². The molecule has 3 nitrogen and oxygen atoms in total. The van der Waals surface area contributed by atoms with Crippen molar-refractivity contribution in [3.63, 3.8) is 0 Å². The molecule has 1 N–H and O–H groups in total. The third-order valence-electron chi connectivity index (χ3n) is 4.15. The van der Waals surface area contributed by atoms with Crippen LogP contribution in [-0.4, -0.2) is 15.6 Å². The van der Waals surface area contributed by atoms with Crippen molar-refractivity contribution in [1.29, 1.82) is 0 Å². The molecule has 0 fully saturated rings. The summed E-state index contributed by atoms with van der Waals surface area (Å²) in [5.41, 5.74) is 4.17. The molecule has 0 bridgehead atoms. The van der Waals surface area contributed by atoms with Crippen LogP contribution >= 0.6 is 0 Å². The Morgan fingerprint density at radius 1 is 0.750 bits per heavy atom. The third kappa shape index (κ3) is 2.36. The lowest BCUT2D eigenvalue weighted by molar-refractivity contribution is 0.0688. The number of carboxylic acid groups (broad SMARTS) is 1. The number of fused-ring (bicyclic) bond motifs is 1. The predicted molar refractivity (Wildman–Crippen MR) is 95.7 cm³/mol. The molecule has 0 radical (unpaired) electrons. The van der Waals surface area contributed by atoms with Crippen LogP contribution in [0, 0.1) is 0 Å². The molecule has 1 aromatic heterocycles. The van der Waals surface area contributed by atoms with E-state index in [9.17, 15) is 9.90 Å². The highest BCUT2D eigenvalue weighted by Gasteiger charge is 2.16. The Bertz CT molecular complexity index is 1020. The Morgan fingerprint density at radius 3 is 2.08 bits per heavy atom. The van der Waals surface area contributed by atoms with Crippen LogP contribution in [0.5, 0.6) is 0 Å². The number of carbonyl (C=O) groups is 1.